The maximum atomic E-state index is 11.1. The molecule has 16 heteroatoms. The second-order valence-electron chi connectivity index (χ2n) is 9.65. The van der Waals surface area contributed by atoms with Crippen molar-refractivity contribution < 1.29 is 78.2 Å². The van der Waals surface area contributed by atoms with Gasteiger partial charge in [0.25, 0.3) is 0 Å². The van der Waals surface area contributed by atoms with E-state index in [1.165, 1.54) is 27.7 Å². The minimum Gasteiger partial charge on any atom is -0.460 e. The predicted molar refractivity (Wildman–Crippen MR) is 163 cm³/mol. The van der Waals surface area contributed by atoms with Crippen LogP contribution in [-0.4, -0.2) is 145 Å². The highest BCUT2D eigenvalue weighted by molar-refractivity contribution is 5.88. The summed E-state index contributed by atoms with van der Waals surface area (Å²) in [5, 5.41) is 53.1. The number of rotatable bonds is 21. The van der Waals surface area contributed by atoms with Crippen LogP contribution in [0.25, 0.3) is 0 Å². The SMILES string of the molecule is C=C(C)C(=O)OCC(O)COCC(O)COC(=O)C(=C)C.C=C(C)C(=O)OCC(O)COCC(O)COC(=O)C(=C)C.OCCO. The third kappa shape index (κ3) is 30.5. The number of carbonyl (C=O) groups excluding carboxylic acids is 4. The van der Waals surface area contributed by atoms with Crippen LogP contribution >= 0.6 is 0 Å². The van der Waals surface area contributed by atoms with E-state index < -0.39 is 48.3 Å². The molecule has 0 rings (SSSR count). The van der Waals surface area contributed by atoms with Gasteiger partial charge in [-0.25, -0.2) is 19.2 Å². The van der Waals surface area contributed by atoms with Crippen molar-refractivity contribution in [2.24, 2.45) is 0 Å². The van der Waals surface area contributed by atoms with E-state index in [9.17, 15) is 39.6 Å². The van der Waals surface area contributed by atoms with Crippen molar-refractivity contribution >= 4 is 23.9 Å². The Morgan fingerprint density at radius 1 is 0.435 bits per heavy atom. The Hall–Kier alpha value is -3.48. The summed E-state index contributed by atoms with van der Waals surface area (Å²) in [6, 6.07) is 0. The molecule has 0 amide bonds. The first kappa shape index (κ1) is 46.9. The molecule has 0 aromatic carbocycles. The summed E-state index contributed by atoms with van der Waals surface area (Å²) in [6.07, 6.45) is -4.06. The summed E-state index contributed by atoms with van der Waals surface area (Å²) in [5.74, 6) is -2.39. The monoisotopic (exact) mass is 666 g/mol. The Balaban J connectivity index is -0.000000719. The molecule has 0 aliphatic carbocycles. The fourth-order valence-corrected chi connectivity index (χ4v) is 2.05. The lowest BCUT2D eigenvalue weighted by atomic mass is 10.3. The third-order valence-electron chi connectivity index (χ3n) is 4.36. The molecule has 266 valence electrons. The van der Waals surface area contributed by atoms with Crippen LogP contribution in [-0.2, 0) is 47.6 Å². The van der Waals surface area contributed by atoms with E-state index in [0.717, 1.165) is 0 Å². The molecule has 0 heterocycles. The standard InChI is InChI=1S/2C14H22O7.C2H6O2/c2*1-9(2)13(17)20-7-11(15)5-19-6-12(16)8-21-14(18)10(3)4;3-1-2-4/h2*11-12,15-16H,1,3,5-8H2,2,4H3;3-4H,1-2H2. The van der Waals surface area contributed by atoms with Crippen LogP contribution in [0.15, 0.2) is 48.6 Å². The zero-order valence-corrected chi connectivity index (χ0v) is 27.0. The molecule has 0 aliphatic heterocycles. The van der Waals surface area contributed by atoms with Gasteiger partial charge in [-0.1, -0.05) is 26.3 Å². The molecule has 0 radical (unpaired) electrons. The zero-order valence-electron chi connectivity index (χ0n) is 27.0. The molecular formula is C30H50O16. The average Bonchev–Trinajstić information content (AvgIpc) is 2.99. The van der Waals surface area contributed by atoms with Crippen LogP contribution in [0.2, 0.25) is 0 Å². The predicted octanol–water partition coefficient (Wildman–Crippen LogP) is -1.10. The lowest BCUT2D eigenvalue weighted by Crippen LogP contribution is -2.28. The molecule has 16 nitrogen and oxygen atoms in total. The summed E-state index contributed by atoms with van der Waals surface area (Å²) in [4.78, 5) is 44.3. The van der Waals surface area contributed by atoms with Gasteiger partial charge >= 0.3 is 23.9 Å². The zero-order chi connectivity index (χ0) is 36.2. The van der Waals surface area contributed by atoms with E-state index in [2.05, 4.69) is 26.3 Å². The lowest BCUT2D eigenvalue weighted by molar-refractivity contribution is -0.146. The van der Waals surface area contributed by atoms with Gasteiger partial charge in [-0.15, -0.1) is 0 Å². The summed E-state index contributed by atoms with van der Waals surface area (Å²) in [5.41, 5.74) is 0.937. The highest BCUT2D eigenvalue weighted by Crippen LogP contribution is 1.99. The number of aliphatic hydroxyl groups excluding tert-OH is 6. The van der Waals surface area contributed by atoms with Crippen LogP contribution in [0.4, 0.5) is 0 Å². The number of carbonyl (C=O) groups is 4. The minimum absolute atomic E-state index is 0.125. The largest absolute Gasteiger partial charge is 0.460 e. The summed E-state index contributed by atoms with van der Waals surface area (Å²) in [7, 11) is 0. The minimum atomic E-state index is -1.02. The van der Waals surface area contributed by atoms with Gasteiger partial charge < -0.3 is 59.1 Å². The van der Waals surface area contributed by atoms with Gasteiger partial charge in [-0.05, 0) is 27.7 Å². The molecule has 0 fully saturated rings. The molecule has 0 aromatic heterocycles. The smallest absolute Gasteiger partial charge is 0.333 e. The molecule has 4 unspecified atom stereocenters. The quantitative estimate of drug-likeness (QED) is 0.0483. The topological polar surface area (TPSA) is 245 Å². The molecule has 0 aromatic rings. The van der Waals surface area contributed by atoms with Crippen molar-refractivity contribution in [3.63, 3.8) is 0 Å². The van der Waals surface area contributed by atoms with Crippen molar-refractivity contribution in [2.75, 3.05) is 66.1 Å². The van der Waals surface area contributed by atoms with Crippen LogP contribution in [0.1, 0.15) is 27.7 Å². The highest BCUT2D eigenvalue weighted by Gasteiger charge is 2.14. The normalized spacial score (nSPS) is 12.7. The fraction of sp³-hybridized carbons (Fsp3) is 0.600. The van der Waals surface area contributed by atoms with Gasteiger partial charge in [0.05, 0.1) is 39.6 Å². The molecular weight excluding hydrogens is 616 g/mol. The first-order valence-electron chi connectivity index (χ1n) is 13.8. The molecule has 6 N–H and O–H groups in total. The van der Waals surface area contributed by atoms with Crippen LogP contribution in [0, 0.1) is 0 Å². The van der Waals surface area contributed by atoms with Crippen molar-refractivity contribution in [2.45, 2.75) is 52.1 Å². The second kappa shape index (κ2) is 29.0. The van der Waals surface area contributed by atoms with Gasteiger partial charge in [-0.2, -0.15) is 0 Å². The van der Waals surface area contributed by atoms with E-state index in [1.807, 2.05) is 0 Å². The molecule has 0 saturated carbocycles. The molecule has 0 saturated heterocycles. The van der Waals surface area contributed by atoms with Crippen LogP contribution in [0.3, 0.4) is 0 Å². The maximum Gasteiger partial charge on any atom is 0.333 e. The van der Waals surface area contributed by atoms with Crippen molar-refractivity contribution in [3.05, 3.63) is 48.6 Å². The Morgan fingerprint density at radius 2 is 0.609 bits per heavy atom. The van der Waals surface area contributed by atoms with Gasteiger partial charge in [0.1, 0.15) is 50.8 Å². The molecule has 4 atom stereocenters. The average molecular weight is 667 g/mol. The summed E-state index contributed by atoms with van der Waals surface area (Å²) in [6.45, 7) is 17.9. The van der Waals surface area contributed by atoms with Gasteiger partial charge in [-0.3, -0.25) is 0 Å². The Morgan fingerprint density at radius 3 is 0.739 bits per heavy atom. The van der Waals surface area contributed by atoms with Crippen molar-refractivity contribution in [1.82, 2.24) is 0 Å². The van der Waals surface area contributed by atoms with E-state index in [4.69, 9.17) is 38.6 Å². The van der Waals surface area contributed by atoms with E-state index in [1.54, 1.807) is 0 Å². The first-order valence-corrected chi connectivity index (χ1v) is 13.8. The maximum absolute atomic E-state index is 11.1. The summed E-state index contributed by atoms with van der Waals surface area (Å²) >= 11 is 0. The van der Waals surface area contributed by atoms with Crippen molar-refractivity contribution in [1.29, 1.82) is 0 Å². The Bertz CT molecular complexity index is 813. The number of ether oxygens (including phenoxy) is 6. The van der Waals surface area contributed by atoms with Crippen LogP contribution in [0.5, 0.6) is 0 Å². The number of aliphatic hydroxyl groups is 6. The van der Waals surface area contributed by atoms with E-state index in [-0.39, 0.29) is 88.4 Å². The van der Waals surface area contributed by atoms with Crippen molar-refractivity contribution in [3.8, 4) is 0 Å². The first-order chi connectivity index (χ1) is 21.4. The molecule has 46 heavy (non-hydrogen) atoms. The Labute approximate surface area is 269 Å². The Kier molecular flexibility index (Phi) is 29.5. The van der Waals surface area contributed by atoms with Crippen LogP contribution < -0.4 is 0 Å². The fourth-order valence-electron chi connectivity index (χ4n) is 2.05. The second-order valence-corrected chi connectivity index (χ2v) is 9.65. The van der Waals surface area contributed by atoms with Gasteiger partial charge in [0.2, 0.25) is 0 Å². The third-order valence-corrected chi connectivity index (χ3v) is 4.36. The van der Waals surface area contributed by atoms with Gasteiger partial charge in [0.15, 0.2) is 0 Å². The number of esters is 4. The van der Waals surface area contributed by atoms with Gasteiger partial charge in [0, 0.05) is 22.3 Å². The lowest BCUT2D eigenvalue weighted by Gasteiger charge is -2.14. The summed E-state index contributed by atoms with van der Waals surface area (Å²) < 4.78 is 28.9. The molecule has 0 bridgehead atoms. The highest BCUT2D eigenvalue weighted by atomic mass is 16.6. The van der Waals surface area contributed by atoms with E-state index >= 15 is 0 Å². The number of hydrogen-bond donors (Lipinski definition) is 6. The van der Waals surface area contributed by atoms with E-state index in [0.29, 0.717) is 0 Å². The number of hydrogen-bond acceptors (Lipinski definition) is 16. The molecule has 0 spiro atoms. The molecule has 0 aliphatic rings.